The number of aliphatic hydroxyl groups is 1. The van der Waals surface area contributed by atoms with Crippen LogP contribution in [0.1, 0.15) is 31.1 Å². The summed E-state index contributed by atoms with van der Waals surface area (Å²) in [5.74, 6) is -4.09. The van der Waals surface area contributed by atoms with Crippen molar-refractivity contribution in [1.82, 2.24) is 10.3 Å². The number of nitrogens with two attached hydrogens (primary N) is 1. The number of pyridine rings is 1. The van der Waals surface area contributed by atoms with Crippen molar-refractivity contribution in [3.05, 3.63) is 51.3 Å². The Morgan fingerprint density at radius 2 is 1.62 bits per heavy atom. The lowest BCUT2D eigenvalue weighted by molar-refractivity contribution is 0.0695. The number of hydrogen-bond acceptors (Lipinski definition) is 6. The summed E-state index contributed by atoms with van der Waals surface area (Å²) in [7, 11) is 0. The van der Waals surface area contributed by atoms with Gasteiger partial charge in [0, 0.05) is 17.7 Å². The van der Waals surface area contributed by atoms with E-state index in [1.165, 1.54) is 24.3 Å². The van der Waals surface area contributed by atoms with Crippen molar-refractivity contribution in [3.63, 3.8) is 0 Å². The lowest BCUT2D eigenvalue weighted by Gasteiger charge is -2.12. The van der Waals surface area contributed by atoms with Gasteiger partial charge in [-0.1, -0.05) is 12.1 Å². The van der Waals surface area contributed by atoms with Crippen LogP contribution in [0.4, 0.5) is 5.82 Å². The maximum atomic E-state index is 11.9. The number of aromatic carboxylic acids is 2. The summed E-state index contributed by atoms with van der Waals surface area (Å²) in [5, 5.41) is 29.8. The minimum Gasteiger partial charge on any atom is -0.478 e. The van der Waals surface area contributed by atoms with Gasteiger partial charge in [-0.2, -0.15) is 0 Å². The molecule has 136 valence electrons. The minimum atomic E-state index is -1.62. The van der Waals surface area contributed by atoms with E-state index >= 15 is 0 Å². The number of carbonyl (C=O) groups is 3. The molecule has 26 heavy (non-hydrogen) atoms. The maximum Gasteiger partial charge on any atom is 0.342 e. The van der Waals surface area contributed by atoms with E-state index < -0.39 is 40.3 Å². The number of carboxylic acid groups (broad SMARTS) is 2. The Bertz CT molecular complexity index is 932. The Labute approximate surface area is 145 Å². The molecule has 10 heteroatoms. The molecule has 0 aliphatic rings. The predicted molar refractivity (Wildman–Crippen MR) is 90.2 cm³/mol. The first-order valence-corrected chi connectivity index (χ1v) is 7.29. The van der Waals surface area contributed by atoms with Crippen molar-refractivity contribution in [2.24, 2.45) is 0 Å². The number of aliphatic hydroxyl groups excluding tert-OH is 1. The number of hydrogen-bond donors (Lipinski definition) is 6. The van der Waals surface area contributed by atoms with E-state index in [4.69, 9.17) is 10.8 Å². The molecule has 0 aliphatic heterocycles. The van der Waals surface area contributed by atoms with Crippen LogP contribution in [0.3, 0.4) is 0 Å². The average molecular weight is 361 g/mol. The van der Waals surface area contributed by atoms with Crippen LogP contribution in [-0.2, 0) is 0 Å². The number of aromatic nitrogens is 1. The molecule has 0 aliphatic carbocycles. The summed E-state index contributed by atoms with van der Waals surface area (Å²) >= 11 is 0. The van der Waals surface area contributed by atoms with E-state index in [-0.39, 0.29) is 29.8 Å². The predicted octanol–water partition coefficient (Wildman–Crippen LogP) is -0.257. The largest absolute Gasteiger partial charge is 0.478 e. The fraction of sp³-hybridized carbons (Fsp3) is 0.125. The zero-order valence-corrected chi connectivity index (χ0v) is 13.3. The fourth-order valence-electron chi connectivity index (χ4n) is 2.40. The Hall–Kier alpha value is -3.66. The van der Waals surface area contributed by atoms with Crippen molar-refractivity contribution < 1.29 is 29.7 Å². The van der Waals surface area contributed by atoms with Crippen molar-refractivity contribution in [1.29, 1.82) is 0 Å². The molecule has 10 nitrogen and oxygen atoms in total. The number of carbonyl (C=O) groups excluding carboxylic acids is 1. The first-order chi connectivity index (χ1) is 12.3. The quantitative estimate of drug-likeness (QED) is 0.406. The fourth-order valence-corrected chi connectivity index (χ4v) is 2.40. The van der Waals surface area contributed by atoms with Crippen molar-refractivity contribution in [2.45, 2.75) is 0 Å². The summed E-state index contributed by atoms with van der Waals surface area (Å²) in [4.78, 5) is 48.7. The SMILES string of the molecule is Nc1[nH]c(=O)c(C(=O)O)c(-c2ccc(C(=O)NCCO)cc2)c1C(=O)O. The highest BCUT2D eigenvalue weighted by molar-refractivity contribution is 6.07. The molecule has 1 aromatic carbocycles. The normalized spacial score (nSPS) is 10.3. The third-order valence-corrected chi connectivity index (χ3v) is 3.51. The number of benzene rings is 1. The number of carboxylic acids is 2. The molecular formula is C16H15N3O7. The first-order valence-electron chi connectivity index (χ1n) is 7.29. The van der Waals surface area contributed by atoms with Gasteiger partial charge in [-0.25, -0.2) is 9.59 Å². The molecule has 0 radical (unpaired) electrons. The molecule has 0 saturated carbocycles. The Morgan fingerprint density at radius 1 is 1.04 bits per heavy atom. The van der Waals surface area contributed by atoms with Crippen molar-refractivity contribution in [3.8, 4) is 11.1 Å². The summed E-state index contributed by atoms with van der Waals surface area (Å²) in [6.45, 7) is -0.183. The molecule has 1 aromatic heterocycles. The number of anilines is 1. The Kier molecular flexibility index (Phi) is 5.38. The molecule has 0 fully saturated rings. The Balaban J connectivity index is 2.64. The maximum absolute atomic E-state index is 11.9. The molecule has 0 saturated heterocycles. The highest BCUT2D eigenvalue weighted by atomic mass is 16.4. The molecule has 0 atom stereocenters. The van der Waals surface area contributed by atoms with Crippen molar-refractivity contribution in [2.75, 3.05) is 18.9 Å². The number of nitrogens with one attached hydrogen (secondary N) is 2. The van der Waals surface area contributed by atoms with Gasteiger partial charge in [0.25, 0.3) is 11.5 Å². The van der Waals surface area contributed by atoms with E-state index in [0.717, 1.165) is 0 Å². The number of rotatable bonds is 6. The minimum absolute atomic E-state index is 0.0531. The van der Waals surface area contributed by atoms with E-state index in [9.17, 15) is 29.4 Å². The van der Waals surface area contributed by atoms with Crippen LogP contribution < -0.4 is 16.6 Å². The monoisotopic (exact) mass is 361 g/mol. The Morgan fingerprint density at radius 3 is 2.12 bits per heavy atom. The van der Waals surface area contributed by atoms with E-state index in [1.54, 1.807) is 0 Å². The van der Waals surface area contributed by atoms with E-state index in [2.05, 4.69) is 5.32 Å². The van der Waals surface area contributed by atoms with Gasteiger partial charge in [-0.3, -0.25) is 9.59 Å². The lowest BCUT2D eigenvalue weighted by atomic mass is 9.94. The molecule has 7 N–H and O–H groups in total. The smallest absolute Gasteiger partial charge is 0.342 e. The molecule has 2 aromatic rings. The average Bonchev–Trinajstić information content (AvgIpc) is 2.58. The van der Waals surface area contributed by atoms with Gasteiger partial charge < -0.3 is 31.4 Å². The third-order valence-electron chi connectivity index (χ3n) is 3.51. The molecule has 0 unspecified atom stereocenters. The number of H-pyrrole nitrogens is 1. The topological polar surface area (TPSA) is 183 Å². The number of aromatic amines is 1. The highest BCUT2D eigenvalue weighted by Crippen LogP contribution is 2.29. The summed E-state index contributed by atoms with van der Waals surface area (Å²) in [5.41, 5.74) is 3.12. The third kappa shape index (κ3) is 3.54. The molecular weight excluding hydrogens is 346 g/mol. The van der Waals surface area contributed by atoms with Crippen LogP contribution in [0, 0.1) is 0 Å². The van der Waals surface area contributed by atoms with Gasteiger partial charge in [-0.15, -0.1) is 0 Å². The summed E-state index contributed by atoms with van der Waals surface area (Å²) < 4.78 is 0. The number of nitrogen functional groups attached to an aromatic ring is 1. The molecule has 2 rings (SSSR count). The molecule has 1 heterocycles. The summed E-state index contributed by atoms with van der Waals surface area (Å²) in [6, 6.07) is 5.27. The lowest BCUT2D eigenvalue weighted by Crippen LogP contribution is -2.26. The van der Waals surface area contributed by atoms with Gasteiger partial charge in [0.05, 0.1) is 6.61 Å². The van der Waals surface area contributed by atoms with Crippen LogP contribution in [0.15, 0.2) is 29.1 Å². The zero-order chi connectivity index (χ0) is 19.4. The van der Waals surface area contributed by atoms with Gasteiger partial charge in [0.15, 0.2) is 0 Å². The van der Waals surface area contributed by atoms with Crippen LogP contribution in [0.25, 0.3) is 11.1 Å². The second kappa shape index (κ2) is 7.49. The van der Waals surface area contributed by atoms with Crippen LogP contribution in [0.2, 0.25) is 0 Å². The van der Waals surface area contributed by atoms with Gasteiger partial charge in [0.2, 0.25) is 0 Å². The highest BCUT2D eigenvalue weighted by Gasteiger charge is 2.26. The van der Waals surface area contributed by atoms with Crippen LogP contribution in [-0.4, -0.2) is 51.3 Å². The second-order valence-electron chi connectivity index (χ2n) is 5.16. The van der Waals surface area contributed by atoms with Crippen LogP contribution >= 0.6 is 0 Å². The first kappa shape index (κ1) is 18.7. The van der Waals surface area contributed by atoms with Crippen LogP contribution in [0.5, 0.6) is 0 Å². The van der Waals surface area contributed by atoms with Gasteiger partial charge in [-0.05, 0) is 17.7 Å². The number of amides is 1. The second-order valence-corrected chi connectivity index (χ2v) is 5.16. The molecule has 0 spiro atoms. The van der Waals surface area contributed by atoms with Gasteiger partial charge in [0.1, 0.15) is 16.9 Å². The molecule has 1 amide bonds. The van der Waals surface area contributed by atoms with Gasteiger partial charge >= 0.3 is 11.9 Å². The van der Waals surface area contributed by atoms with Crippen molar-refractivity contribution >= 4 is 23.7 Å². The zero-order valence-electron chi connectivity index (χ0n) is 13.3. The summed E-state index contributed by atoms with van der Waals surface area (Å²) in [6.07, 6.45) is 0. The van der Waals surface area contributed by atoms with E-state index in [1.807, 2.05) is 4.98 Å². The van der Waals surface area contributed by atoms with E-state index in [0.29, 0.717) is 0 Å². The standard InChI is InChI=1S/C16H15N3O7/c17-12-10(15(23)24)9(11(16(25)26)14(22)19-12)7-1-3-8(4-2-7)13(21)18-5-6-20/h1-4,20H,5-6H2,(H,18,21)(H,23,24)(H,25,26)(H3,17,19,22). The molecule has 0 bridgehead atoms.